The first-order valence-corrected chi connectivity index (χ1v) is 9.93. The molecule has 32 heavy (non-hydrogen) atoms. The van der Waals surface area contributed by atoms with Crippen LogP contribution in [0.4, 0.5) is 0 Å². The standard InChI is InChI=1S/C20H28N2O10/c1-11(23)30-17-14(10-29-16(26)7-6-15(25)28-3)32-20(18(17)31-12(2)24)22-8-4-5-13(9-22)19(21)27/h4,8-9,14-15,17-18,20,25H,5-7,10H2,1-3H3,(H2,21,27)/t14-,15?,17-,18-,20-/m1/s1. The van der Waals surface area contributed by atoms with Gasteiger partial charge in [-0.1, -0.05) is 6.08 Å². The monoisotopic (exact) mass is 456 g/mol. The summed E-state index contributed by atoms with van der Waals surface area (Å²) in [5, 5.41) is 9.37. The van der Waals surface area contributed by atoms with Gasteiger partial charge in [-0.25, -0.2) is 0 Å². The number of aliphatic hydroxyl groups is 1. The molecular weight excluding hydrogens is 428 g/mol. The Labute approximate surface area is 184 Å². The van der Waals surface area contributed by atoms with Crippen LogP contribution in [0.2, 0.25) is 0 Å². The molecule has 0 bridgehead atoms. The third-order valence-corrected chi connectivity index (χ3v) is 4.70. The molecule has 3 N–H and O–H groups in total. The third kappa shape index (κ3) is 7.04. The molecule has 0 radical (unpaired) electrons. The van der Waals surface area contributed by atoms with Crippen LogP contribution in [-0.4, -0.2) is 78.4 Å². The van der Waals surface area contributed by atoms with Crippen molar-refractivity contribution in [1.82, 2.24) is 4.90 Å². The van der Waals surface area contributed by atoms with Crippen molar-refractivity contribution in [3.63, 3.8) is 0 Å². The zero-order chi connectivity index (χ0) is 23.8. The minimum atomic E-state index is -1.10. The molecule has 2 aliphatic heterocycles. The normalized spacial score (nSPS) is 25.6. The van der Waals surface area contributed by atoms with Gasteiger partial charge in [0, 0.05) is 45.4 Å². The van der Waals surface area contributed by atoms with Crippen molar-refractivity contribution >= 4 is 23.8 Å². The van der Waals surface area contributed by atoms with Gasteiger partial charge in [0.25, 0.3) is 0 Å². The predicted molar refractivity (Wildman–Crippen MR) is 106 cm³/mol. The van der Waals surface area contributed by atoms with E-state index >= 15 is 0 Å². The van der Waals surface area contributed by atoms with E-state index in [1.54, 1.807) is 12.3 Å². The Morgan fingerprint density at radius 2 is 1.88 bits per heavy atom. The fourth-order valence-corrected chi connectivity index (χ4v) is 3.24. The average molecular weight is 456 g/mol. The van der Waals surface area contributed by atoms with Crippen LogP contribution in [0.15, 0.2) is 24.0 Å². The maximum Gasteiger partial charge on any atom is 0.306 e. The molecule has 12 heteroatoms. The minimum absolute atomic E-state index is 0.0339. The summed E-state index contributed by atoms with van der Waals surface area (Å²) in [5.74, 6) is -2.56. The summed E-state index contributed by atoms with van der Waals surface area (Å²) in [6.07, 6.45) is -0.242. The predicted octanol–water partition coefficient (Wildman–Crippen LogP) is -0.548. The highest BCUT2D eigenvalue weighted by Gasteiger charge is 2.51. The van der Waals surface area contributed by atoms with Crippen molar-refractivity contribution in [1.29, 1.82) is 0 Å². The maximum atomic E-state index is 12.0. The molecule has 2 heterocycles. The van der Waals surface area contributed by atoms with Gasteiger partial charge in [0.1, 0.15) is 12.7 Å². The summed E-state index contributed by atoms with van der Waals surface area (Å²) in [6, 6.07) is 0. The Morgan fingerprint density at radius 1 is 1.22 bits per heavy atom. The number of amides is 1. The van der Waals surface area contributed by atoms with Crippen LogP contribution in [0, 0.1) is 0 Å². The molecule has 0 aromatic heterocycles. The average Bonchev–Trinajstić information content (AvgIpc) is 3.06. The van der Waals surface area contributed by atoms with Crippen molar-refractivity contribution < 1.29 is 48.0 Å². The first-order chi connectivity index (χ1) is 15.1. The summed E-state index contributed by atoms with van der Waals surface area (Å²) in [5.41, 5.74) is 5.66. The van der Waals surface area contributed by atoms with Crippen LogP contribution in [0.5, 0.6) is 0 Å². The van der Waals surface area contributed by atoms with E-state index in [4.69, 9.17) is 24.7 Å². The van der Waals surface area contributed by atoms with Crippen LogP contribution < -0.4 is 5.73 Å². The van der Waals surface area contributed by atoms with E-state index in [1.165, 1.54) is 32.1 Å². The number of nitrogens with zero attached hydrogens (tertiary/aromatic N) is 1. The van der Waals surface area contributed by atoms with Gasteiger partial charge in [-0.15, -0.1) is 0 Å². The number of hydrogen-bond donors (Lipinski definition) is 2. The van der Waals surface area contributed by atoms with Gasteiger partial charge >= 0.3 is 17.9 Å². The summed E-state index contributed by atoms with van der Waals surface area (Å²) in [7, 11) is 1.30. The lowest BCUT2D eigenvalue weighted by atomic mass is 10.1. The van der Waals surface area contributed by atoms with Crippen LogP contribution in [0.3, 0.4) is 0 Å². The third-order valence-electron chi connectivity index (χ3n) is 4.70. The first-order valence-electron chi connectivity index (χ1n) is 9.93. The fourth-order valence-electron chi connectivity index (χ4n) is 3.24. The molecule has 0 spiro atoms. The molecule has 0 aliphatic carbocycles. The molecule has 2 rings (SSSR count). The topological polar surface area (TPSA) is 164 Å². The smallest absolute Gasteiger partial charge is 0.306 e. The number of ether oxygens (including phenoxy) is 5. The Morgan fingerprint density at radius 3 is 2.47 bits per heavy atom. The molecule has 1 unspecified atom stereocenters. The number of hydrogen-bond acceptors (Lipinski definition) is 11. The number of rotatable bonds is 10. The Kier molecular flexibility index (Phi) is 9.17. The van der Waals surface area contributed by atoms with E-state index in [1.807, 2.05) is 0 Å². The second-order valence-corrected chi connectivity index (χ2v) is 7.18. The first kappa shape index (κ1) is 25.3. The summed E-state index contributed by atoms with van der Waals surface area (Å²) < 4.78 is 26.5. The van der Waals surface area contributed by atoms with Gasteiger partial charge in [-0.2, -0.15) is 0 Å². The van der Waals surface area contributed by atoms with E-state index in [2.05, 4.69) is 4.74 Å². The summed E-state index contributed by atoms with van der Waals surface area (Å²) in [4.78, 5) is 48.4. The SMILES string of the molecule is COC(O)CCC(=O)OC[C@H]1O[C@@H](N2C=CCC(C(N)=O)=C2)[C@H](OC(C)=O)[C@@H]1OC(C)=O. The number of allylic oxidation sites excluding steroid dienone is 1. The molecule has 0 saturated carbocycles. The van der Waals surface area contributed by atoms with Crippen molar-refractivity contribution in [2.75, 3.05) is 13.7 Å². The van der Waals surface area contributed by atoms with Crippen molar-refractivity contribution in [3.05, 3.63) is 24.0 Å². The van der Waals surface area contributed by atoms with Crippen molar-refractivity contribution in [2.45, 2.75) is 63.9 Å². The zero-order valence-corrected chi connectivity index (χ0v) is 18.1. The van der Waals surface area contributed by atoms with E-state index < -0.39 is 54.6 Å². The zero-order valence-electron chi connectivity index (χ0n) is 18.1. The highest BCUT2D eigenvalue weighted by Crippen LogP contribution is 2.32. The number of aliphatic hydroxyl groups excluding tert-OH is 1. The fraction of sp³-hybridized carbons (Fsp3) is 0.600. The molecule has 1 amide bonds. The number of carbonyl (C=O) groups excluding carboxylic acids is 4. The quantitative estimate of drug-likeness (QED) is 0.246. The van der Waals surface area contributed by atoms with Gasteiger partial charge in [-0.3, -0.25) is 19.2 Å². The number of methoxy groups -OCH3 is 1. The van der Waals surface area contributed by atoms with Crippen LogP contribution in [0.1, 0.15) is 33.1 Å². The Balaban J connectivity index is 2.19. The maximum absolute atomic E-state index is 12.0. The van der Waals surface area contributed by atoms with Gasteiger partial charge < -0.3 is 39.4 Å². The molecular formula is C20H28N2O10. The molecule has 12 nitrogen and oxygen atoms in total. The molecule has 1 saturated heterocycles. The minimum Gasteiger partial charge on any atom is -0.463 e. The number of carbonyl (C=O) groups is 4. The lowest BCUT2D eigenvalue weighted by molar-refractivity contribution is -0.167. The highest BCUT2D eigenvalue weighted by atomic mass is 16.7. The van der Waals surface area contributed by atoms with Gasteiger partial charge in [0.2, 0.25) is 5.91 Å². The number of esters is 3. The van der Waals surface area contributed by atoms with Gasteiger partial charge in [0.05, 0.1) is 6.42 Å². The van der Waals surface area contributed by atoms with Gasteiger partial charge in [0.15, 0.2) is 24.7 Å². The van der Waals surface area contributed by atoms with E-state index in [0.29, 0.717) is 12.0 Å². The summed E-state index contributed by atoms with van der Waals surface area (Å²) in [6.45, 7) is 2.06. The van der Waals surface area contributed by atoms with Crippen molar-refractivity contribution in [2.24, 2.45) is 5.73 Å². The largest absolute Gasteiger partial charge is 0.463 e. The molecule has 0 aromatic carbocycles. The summed E-state index contributed by atoms with van der Waals surface area (Å²) >= 11 is 0. The Hall–Kier alpha value is -2.96. The van der Waals surface area contributed by atoms with Crippen LogP contribution >= 0.6 is 0 Å². The second-order valence-electron chi connectivity index (χ2n) is 7.18. The highest BCUT2D eigenvalue weighted by molar-refractivity contribution is 5.92. The lowest BCUT2D eigenvalue weighted by Crippen LogP contribution is -2.45. The molecule has 0 aromatic rings. The number of nitrogens with two attached hydrogens (primary N) is 1. The van der Waals surface area contributed by atoms with E-state index in [0.717, 1.165) is 0 Å². The van der Waals surface area contributed by atoms with Gasteiger partial charge in [-0.05, 0) is 6.42 Å². The molecule has 2 aliphatic rings. The molecule has 1 fully saturated rings. The van der Waals surface area contributed by atoms with Crippen LogP contribution in [0.25, 0.3) is 0 Å². The second kappa shape index (κ2) is 11.6. The van der Waals surface area contributed by atoms with E-state index in [-0.39, 0.29) is 19.4 Å². The van der Waals surface area contributed by atoms with E-state index in [9.17, 15) is 24.3 Å². The number of primary amides is 1. The molecule has 5 atom stereocenters. The van der Waals surface area contributed by atoms with Crippen LogP contribution in [-0.2, 0) is 42.9 Å². The molecule has 178 valence electrons. The Bertz CT molecular complexity index is 780. The lowest BCUT2D eigenvalue weighted by Gasteiger charge is -2.30. The van der Waals surface area contributed by atoms with Crippen molar-refractivity contribution in [3.8, 4) is 0 Å².